The van der Waals surface area contributed by atoms with E-state index in [1.807, 2.05) is 6.07 Å². The summed E-state index contributed by atoms with van der Waals surface area (Å²) in [5, 5.41) is 8.44. The largest absolute Gasteiger partial charge is 0.365 e. The third kappa shape index (κ3) is 4.15. The lowest BCUT2D eigenvalue weighted by Crippen LogP contribution is -2.56. The second-order valence-electron chi connectivity index (χ2n) is 7.38. The molecule has 0 bridgehead atoms. The zero-order valence-electron chi connectivity index (χ0n) is 16.6. The summed E-state index contributed by atoms with van der Waals surface area (Å²) in [5.74, 6) is -4.85. The molecule has 1 aromatic carbocycles. The van der Waals surface area contributed by atoms with Gasteiger partial charge in [0.25, 0.3) is 11.8 Å². The summed E-state index contributed by atoms with van der Waals surface area (Å²) >= 11 is 1.39. The number of nitrogens with one attached hydrogen (secondary N) is 3. The summed E-state index contributed by atoms with van der Waals surface area (Å²) in [4.78, 5) is 20.3. The Morgan fingerprint density at radius 2 is 2.13 bits per heavy atom. The van der Waals surface area contributed by atoms with Crippen molar-refractivity contribution >= 4 is 44.8 Å². The standard InChI is InChI=1S/C20H21F3N6OS/c1-25-16-14(6-3-7-20(16,22)23)28-19-11(21)8-10(17(24)30)18(29-19)27-13-5-2-4-12-15(13)31-9-26-12/h2,4-5,8-9,14,16,25H,3,6-7H2,1H3,(H2,24,30)(H2,27,28,29)/t14?,16-/m1/s1. The molecule has 1 amide bonds. The number of rotatable bonds is 6. The SMILES string of the molecule is CN[C@@H]1C(Nc2nc(Nc3cccc4ncsc34)c(C(N)=O)cc2F)CCCC1(F)F. The molecular weight excluding hydrogens is 429 g/mol. The smallest absolute Gasteiger partial charge is 0.265 e. The molecule has 164 valence electrons. The van der Waals surface area contributed by atoms with Crippen LogP contribution in [-0.4, -0.2) is 40.9 Å². The van der Waals surface area contributed by atoms with Crippen molar-refractivity contribution in [1.29, 1.82) is 0 Å². The third-order valence-electron chi connectivity index (χ3n) is 5.37. The number of pyridine rings is 1. The monoisotopic (exact) mass is 450 g/mol. The molecule has 1 aliphatic rings. The van der Waals surface area contributed by atoms with Crippen molar-refractivity contribution in [2.24, 2.45) is 5.73 Å². The Morgan fingerprint density at radius 1 is 1.32 bits per heavy atom. The van der Waals surface area contributed by atoms with Gasteiger partial charge in [-0.05, 0) is 38.1 Å². The molecule has 2 heterocycles. The van der Waals surface area contributed by atoms with Crippen molar-refractivity contribution in [2.45, 2.75) is 37.3 Å². The highest BCUT2D eigenvalue weighted by molar-refractivity contribution is 7.17. The van der Waals surface area contributed by atoms with Crippen LogP contribution in [0, 0.1) is 5.82 Å². The average molecular weight is 450 g/mol. The summed E-state index contributed by atoms with van der Waals surface area (Å²) in [6, 6.07) is 4.41. The lowest BCUT2D eigenvalue weighted by atomic mass is 9.87. The number of nitrogens with zero attached hydrogens (tertiary/aromatic N) is 2. The fourth-order valence-electron chi connectivity index (χ4n) is 3.90. The number of likely N-dealkylation sites (N-methyl/N-ethyl adjacent to an activating group) is 1. The van der Waals surface area contributed by atoms with Crippen molar-refractivity contribution in [2.75, 3.05) is 17.7 Å². The van der Waals surface area contributed by atoms with Crippen LogP contribution < -0.4 is 21.7 Å². The molecule has 11 heteroatoms. The Labute approximate surface area is 180 Å². The van der Waals surface area contributed by atoms with Gasteiger partial charge in [0.15, 0.2) is 11.6 Å². The van der Waals surface area contributed by atoms with Gasteiger partial charge in [0.1, 0.15) is 5.82 Å². The van der Waals surface area contributed by atoms with Crippen LogP contribution >= 0.6 is 11.3 Å². The van der Waals surface area contributed by atoms with E-state index in [1.165, 1.54) is 18.4 Å². The molecule has 2 atom stereocenters. The van der Waals surface area contributed by atoms with E-state index in [2.05, 4.69) is 25.9 Å². The predicted molar refractivity (Wildman–Crippen MR) is 115 cm³/mol. The van der Waals surface area contributed by atoms with E-state index in [4.69, 9.17) is 5.73 Å². The molecule has 0 spiro atoms. The number of alkyl halides is 2. The average Bonchev–Trinajstić information content (AvgIpc) is 3.19. The number of anilines is 3. The number of halogens is 3. The Kier molecular flexibility index (Phi) is 5.71. The molecule has 1 aliphatic carbocycles. The minimum Gasteiger partial charge on any atom is -0.365 e. The second-order valence-corrected chi connectivity index (χ2v) is 8.24. The molecule has 0 saturated heterocycles. The van der Waals surface area contributed by atoms with Crippen LogP contribution in [0.1, 0.15) is 29.6 Å². The van der Waals surface area contributed by atoms with Crippen LogP contribution in [0.2, 0.25) is 0 Å². The van der Waals surface area contributed by atoms with Crippen molar-refractivity contribution in [3.63, 3.8) is 0 Å². The molecule has 1 unspecified atom stereocenters. The molecular formula is C20H21F3N6OS. The van der Waals surface area contributed by atoms with Crippen LogP contribution in [-0.2, 0) is 0 Å². The number of aromatic nitrogens is 2. The highest BCUT2D eigenvalue weighted by Gasteiger charge is 2.46. The van der Waals surface area contributed by atoms with E-state index in [0.717, 1.165) is 16.3 Å². The third-order valence-corrected chi connectivity index (χ3v) is 6.24. The van der Waals surface area contributed by atoms with E-state index < -0.39 is 29.7 Å². The van der Waals surface area contributed by atoms with Gasteiger partial charge in [-0.25, -0.2) is 23.1 Å². The maximum Gasteiger partial charge on any atom is 0.265 e. The Balaban J connectivity index is 1.70. The highest BCUT2D eigenvalue weighted by Crippen LogP contribution is 2.36. The number of hydrogen-bond acceptors (Lipinski definition) is 7. The summed E-state index contributed by atoms with van der Waals surface area (Å²) in [6.45, 7) is 0. The Bertz CT molecular complexity index is 1120. The maximum absolute atomic E-state index is 14.7. The van der Waals surface area contributed by atoms with E-state index in [-0.39, 0.29) is 23.6 Å². The van der Waals surface area contributed by atoms with Crippen molar-refractivity contribution < 1.29 is 18.0 Å². The fourth-order valence-corrected chi connectivity index (χ4v) is 4.66. The summed E-state index contributed by atoms with van der Waals surface area (Å²) in [6.07, 6.45) is 0.476. The number of carbonyl (C=O) groups is 1. The first-order chi connectivity index (χ1) is 14.8. The van der Waals surface area contributed by atoms with Gasteiger partial charge in [0, 0.05) is 12.5 Å². The summed E-state index contributed by atoms with van der Waals surface area (Å²) in [7, 11) is 1.45. The lowest BCUT2D eigenvalue weighted by Gasteiger charge is -2.38. The molecule has 4 rings (SSSR count). The minimum atomic E-state index is -2.93. The molecule has 0 radical (unpaired) electrons. The number of fused-ring (bicyclic) bond motifs is 1. The van der Waals surface area contributed by atoms with Gasteiger partial charge in [-0.2, -0.15) is 0 Å². The Morgan fingerprint density at radius 3 is 2.87 bits per heavy atom. The minimum absolute atomic E-state index is 0.0286. The first kappa shape index (κ1) is 21.3. The zero-order valence-corrected chi connectivity index (χ0v) is 17.4. The van der Waals surface area contributed by atoms with Crippen LogP contribution in [0.4, 0.5) is 30.5 Å². The molecule has 2 aromatic heterocycles. The number of hydrogen-bond donors (Lipinski definition) is 4. The Hall–Kier alpha value is -2.92. The van der Waals surface area contributed by atoms with Gasteiger partial charge in [-0.15, -0.1) is 11.3 Å². The number of benzene rings is 1. The second kappa shape index (κ2) is 8.31. The number of thiazole rings is 1. The number of primary amides is 1. The maximum atomic E-state index is 14.7. The van der Waals surface area contributed by atoms with Crippen LogP contribution in [0.3, 0.4) is 0 Å². The van der Waals surface area contributed by atoms with Gasteiger partial charge in [0.2, 0.25) is 0 Å². The summed E-state index contributed by atoms with van der Waals surface area (Å²) in [5.41, 5.74) is 8.31. The first-order valence-corrected chi connectivity index (χ1v) is 10.6. The van der Waals surface area contributed by atoms with Gasteiger partial charge >= 0.3 is 0 Å². The molecule has 1 fully saturated rings. The van der Waals surface area contributed by atoms with Crippen LogP contribution in [0.5, 0.6) is 0 Å². The molecule has 1 saturated carbocycles. The predicted octanol–water partition coefficient (Wildman–Crippen LogP) is 3.86. The molecule has 3 aromatic rings. The summed E-state index contributed by atoms with van der Waals surface area (Å²) < 4.78 is 44.1. The molecule has 7 nitrogen and oxygen atoms in total. The van der Waals surface area contributed by atoms with Gasteiger partial charge in [0.05, 0.1) is 33.0 Å². The normalized spacial score (nSPS) is 20.5. The lowest BCUT2D eigenvalue weighted by molar-refractivity contribution is -0.0654. The van der Waals surface area contributed by atoms with Crippen molar-refractivity contribution in [1.82, 2.24) is 15.3 Å². The fraction of sp³-hybridized carbons (Fsp3) is 0.350. The van der Waals surface area contributed by atoms with Gasteiger partial charge in [-0.3, -0.25) is 4.79 Å². The van der Waals surface area contributed by atoms with E-state index in [9.17, 15) is 18.0 Å². The molecule has 31 heavy (non-hydrogen) atoms. The van der Waals surface area contributed by atoms with E-state index in [1.54, 1.807) is 17.6 Å². The van der Waals surface area contributed by atoms with Crippen molar-refractivity contribution in [3.8, 4) is 0 Å². The van der Waals surface area contributed by atoms with Crippen LogP contribution in [0.15, 0.2) is 29.8 Å². The van der Waals surface area contributed by atoms with E-state index >= 15 is 0 Å². The highest BCUT2D eigenvalue weighted by atomic mass is 32.1. The van der Waals surface area contributed by atoms with Crippen molar-refractivity contribution in [3.05, 3.63) is 41.2 Å². The number of amides is 1. The van der Waals surface area contributed by atoms with Gasteiger partial charge in [-0.1, -0.05) is 6.07 Å². The van der Waals surface area contributed by atoms with Crippen LogP contribution in [0.25, 0.3) is 10.2 Å². The topological polar surface area (TPSA) is 105 Å². The van der Waals surface area contributed by atoms with E-state index in [0.29, 0.717) is 18.5 Å². The zero-order chi connectivity index (χ0) is 22.2. The van der Waals surface area contributed by atoms with Gasteiger partial charge < -0.3 is 21.7 Å². The molecule has 5 N–H and O–H groups in total. The number of carbonyl (C=O) groups excluding carboxylic acids is 1. The quantitative estimate of drug-likeness (QED) is 0.455. The first-order valence-electron chi connectivity index (χ1n) is 9.71. The number of nitrogens with two attached hydrogens (primary N) is 1. The molecule has 0 aliphatic heterocycles.